The number of carbonyl (C=O) groups is 1. The molecule has 0 aliphatic heterocycles. The number of nitrogens with one attached hydrogen (secondary N) is 1. The van der Waals surface area contributed by atoms with Crippen molar-refractivity contribution in [3.8, 4) is 0 Å². The Hall–Kier alpha value is -0.920. The Morgan fingerprint density at radius 2 is 1.68 bits per heavy atom. The Morgan fingerprint density at radius 1 is 1.11 bits per heavy atom. The van der Waals surface area contributed by atoms with E-state index in [1.807, 2.05) is 0 Å². The molecule has 0 unspecified atom stereocenters. The van der Waals surface area contributed by atoms with E-state index in [-0.39, 0.29) is 40.4 Å². The Morgan fingerprint density at radius 3 is 2.21 bits per heavy atom. The van der Waals surface area contributed by atoms with Gasteiger partial charge in [0, 0.05) is 23.4 Å². The summed E-state index contributed by atoms with van der Waals surface area (Å²) in [6.07, 6.45) is 0. The molecule has 0 aliphatic carbocycles. The molecule has 0 saturated carbocycles. The van der Waals surface area contributed by atoms with Gasteiger partial charge in [-0.2, -0.15) is 0 Å². The Labute approximate surface area is 133 Å². The van der Waals surface area contributed by atoms with E-state index >= 15 is 0 Å². The average molecular weight is 287 g/mol. The van der Waals surface area contributed by atoms with Crippen LogP contribution in [0, 0.1) is 0 Å². The maximum absolute atomic E-state index is 11.1. The molecule has 0 heterocycles. The second kappa shape index (κ2) is 6.02. The van der Waals surface area contributed by atoms with Crippen molar-refractivity contribution in [3.63, 3.8) is 0 Å². The molecule has 1 amide bonds. The fourth-order valence-corrected chi connectivity index (χ4v) is 2.47. The van der Waals surface area contributed by atoms with Gasteiger partial charge in [-0.1, -0.05) is 24.3 Å². The zero-order valence-electron chi connectivity index (χ0n) is 10.5. The Balaban J connectivity index is 0.00000180. The van der Waals surface area contributed by atoms with Gasteiger partial charge < -0.3 is 9.87 Å². The first-order chi connectivity index (χ1) is 8.39. The topological polar surface area (TPSA) is 86.3 Å². The molecular formula is C12H10NNaO4S. The van der Waals surface area contributed by atoms with Gasteiger partial charge in [0.25, 0.3) is 0 Å². The number of amides is 1. The number of fused-ring (bicyclic) bond motifs is 1. The van der Waals surface area contributed by atoms with Crippen LogP contribution in [-0.2, 0) is 14.9 Å². The summed E-state index contributed by atoms with van der Waals surface area (Å²) in [5.74, 6) is -0.266. The number of carbonyl (C=O) groups excluding carboxylic acids is 1. The molecular weight excluding hydrogens is 277 g/mol. The molecule has 0 spiro atoms. The summed E-state index contributed by atoms with van der Waals surface area (Å²) >= 11 is 0. The molecule has 19 heavy (non-hydrogen) atoms. The van der Waals surface area contributed by atoms with E-state index in [1.54, 1.807) is 18.2 Å². The fraction of sp³-hybridized carbons (Fsp3) is 0.0833. The van der Waals surface area contributed by atoms with Gasteiger partial charge in [0.1, 0.15) is 10.1 Å². The van der Waals surface area contributed by atoms with Crippen molar-refractivity contribution in [1.82, 2.24) is 0 Å². The standard InChI is InChI=1S/C12H11NO4S.Na/c1-8(14)13-11-6-7-12(18(15,16)17)10-5-3-2-4-9(10)11;/h2-7H,1H3,(H,13,14)(H,15,16,17);/q;+1/p-1. The zero-order chi connectivity index (χ0) is 13.3. The quantitative estimate of drug-likeness (QED) is 0.550. The molecule has 2 aromatic rings. The van der Waals surface area contributed by atoms with Crippen LogP contribution in [0.5, 0.6) is 0 Å². The minimum atomic E-state index is -4.54. The molecule has 5 nitrogen and oxygen atoms in total. The summed E-state index contributed by atoms with van der Waals surface area (Å²) < 4.78 is 33.4. The number of rotatable bonds is 2. The van der Waals surface area contributed by atoms with Crippen LogP contribution in [0.4, 0.5) is 5.69 Å². The zero-order valence-corrected chi connectivity index (χ0v) is 13.3. The van der Waals surface area contributed by atoms with E-state index in [9.17, 15) is 17.8 Å². The Kier molecular flexibility index (Phi) is 5.11. The molecule has 0 radical (unpaired) electrons. The molecule has 7 heteroatoms. The first-order valence-electron chi connectivity index (χ1n) is 5.15. The maximum Gasteiger partial charge on any atom is 1.00 e. The second-order valence-electron chi connectivity index (χ2n) is 3.79. The van der Waals surface area contributed by atoms with Crippen molar-refractivity contribution in [3.05, 3.63) is 36.4 Å². The molecule has 2 aromatic carbocycles. The minimum absolute atomic E-state index is 0. The number of hydrogen-bond donors (Lipinski definition) is 1. The fourth-order valence-electron chi connectivity index (χ4n) is 1.79. The Bertz CT molecular complexity index is 728. The van der Waals surface area contributed by atoms with Crippen LogP contribution < -0.4 is 34.9 Å². The second-order valence-corrected chi connectivity index (χ2v) is 5.14. The summed E-state index contributed by atoms with van der Waals surface area (Å²) in [7, 11) is -4.54. The van der Waals surface area contributed by atoms with Crippen molar-refractivity contribution in [2.75, 3.05) is 5.32 Å². The molecule has 0 fully saturated rings. The van der Waals surface area contributed by atoms with E-state index in [0.29, 0.717) is 16.5 Å². The first kappa shape index (κ1) is 16.1. The van der Waals surface area contributed by atoms with Crippen LogP contribution in [0.25, 0.3) is 10.8 Å². The predicted octanol–water partition coefficient (Wildman–Crippen LogP) is -1.29. The monoisotopic (exact) mass is 287 g/mol. The molecule has 0 saturated heterocycles. The van der Waals surface area contributed by atoms with Gasteiger partial charge in [-0.25, -0.2) is 8.42 Å². The van der Waals surface area contributed by atoms with E-state index < -0.39 is 10.1 Å². The van der Waals surface area contributed by atoms with Crippen LogP contribution in [0.15, 0.2) is 41.3 Å². The van der Waals surface area contributed by atoms with Crippen molar-refractivity contribution in [1.29, 1.82) is 0 Å². The number of hydrogen-bond acceptors (Lipinski definition) is 4. The van der Waals surface area contributed by atoms with E-state index in [1.165, 1.54) is 25.1 Å². The molecule has 0 bridgehead atoms. The van der Waals surface area contributed by atoms with Crippen LogP contribution in [0.1, 0.15) is 6.92 Å². The van der Waals surface area contributed by atoms with Crippen molar-refractivity contribution in [2.45, 2.75) is 11.8 Å². The van der Waals surface area contributed by atoms with Gasteiger partial charge in [0.2, 0.25) is 5.91 Å². The number of benzene rings is 2. The molecule has 1 N–H and O–H groups in total. The van der Waals surface area contributed by atoms with Crippen LogP contribution in [0.2, 0.25) is 0 Å². The third-order valence-electron chi connectivity index (χ3n) is 2.46. The molecule has 0 atom stereocenters. The van der Waals surface area contributed by atoms with Gasteiger partial charge in [-0.15, -0.1) is 0 Å². The van der Waals surface area contributed by atoms with E-state index in [4.69, 9.17) is 0 Å². The van der Waals surface area contributed by atoms with Gasteiger partial charge in [-0.05, 0) is 12.1 Å². The van der Waals surface area contributed by atoms with Crippen molar-refractivity contribution in [2.24, 2.45) is 0 Å². The van der Waals surface area contributed by atoms with Gasteiger partial charge in [0.05, 0.1) is 4.90 Å². The third kappa shape index (κ3) is 3.55. The van der Waals surface area contributed by atoms with E-state index in [2.05, 4.69) is 5.32 Å². The smallest absolute Gasteiger partial charge is 0.744 e. The predicted molar refractivity (Wildman–Crippen MR) is 66.2 cm³/mol. The average Bonchev–Trinajstić information content (AvgIpc) is 2.27. The van der Waals surface area contributed by atoms with Crippen molar-refractivity contribution < 1.29 is 47.3 Å². The largest absolute Gasteiger partial charge is 1.00 e. The normalized spacial score (nSPS) is 10.8. The molecule has 0 aliphatic rings. The summed E-state index contributed by atoms with van der Waals surface area (Å²) in [6.45, 7) is 1.35. The third-order valence-corrected chi connectivity index (χ3v) is 3.36. The molecule has 2 rings (SSSR count). The molecule has 94 valence electrons. The van der Waals surface area contributed by atoms with Crippen LogP contribution >= 0.6 is 0 Å². The summed E-state index contributed by atoms with van der Waals surface area (Å²) in [6, 6.07) is 9.13. The van der Waals surface area contributed by atoms with Crippen LogP contribution in [0.3, 0.4) is 0 Å². The van der Waals surface area contributed by atoms with E-state index in [0.717, 1.165) is 0 Å². The minimum Gasteiger partial charge on any atom is -0.744 e. The maximum atomic E-state index is 11.1. The van der Waals surface area contributed by atoms with Gasteiger partial charge in [0.15, 0.2) is 0 Å². The number of anilines is 1. The van der Waals surface area contributed by atoms with Crippen molar-refractivity contribution >= 4 is 32.5 Å². The molecule has 0 aromatic heterocycles. The summed E-state index contributed by atoms with van der Waals surface area (Å²) in [5, 5.41) is 3.41. The van der Waals surface area contributed by atoms with Crippen LogP contribution in [-0.4, -0.2) is 18.9 Å². The first-order valence-corrected chi connectivity index (χ1v) is 6.55. The van der Waals surface area contributed by atoms with Gasteiger partial charge >= 0.3 is 29.6 Å². The summed E-state index contributed by atoms with van der Waals surface area (Å²) in [5.41, 5.74) is 0.477. The SMILES string of the molecule is CC(=O)Nc1ccc(S(=O)(=O)[O-])c2ccccc12.[Na+]. The summed E-state index contributed by atoms with van der Waals surface area (Å²) in [4.78, 5) is 10.8. The van der Waals surface area contributed by atoms with Gasteiger partial charge in [-0.3, -0.25) is 4.79 Å².